The Bertz CT molecular complexity index is 2240. The lowest BCUT2D eigenvalue weighted by Gasteiger charge is -2.52. The molecule has 79 heavy (non-hydrogen) atoms. The van der Waals surface area contributed by atoms with Crippen LogP contribution in [0.5, 0.6) is 0 Å². The van der Waals surface area contributed by atoms with Crippen molar-refractivity contribution >= 4 is 34.9 Å². The van der Waals surface area contributed by atoms with E-state index in [9.17, 15) is 14.7 Å². The van der Waals surface area contributed by atoms with Crippen LogP contribution in [0.3, 0.4) is 0 Å². The number of benzene rings is 2. The Hall–Kier alpha value is -3.48. The first kappa shape index (κ1) is 66.3. The van der Waals surface area contributed by atoms with E-state index in [4.69, 9.17) is 51.5 Å². The monoisotopic (exact) mass is 1140 g/mol. The molecule has 0 bridgehead atoms. The Morgan fingerprint density at radius 1 is 0.772 bits per heavy atom. The van der Waals surface area contributed by atoms with Gasteiger partial charge in [-0.05, 0) is 138 Å². The van der Waals surface area contributed by atoms with E-state index in [-0.39, 0.29) is 50.2 Å². The summed E-state index contributed by atoms with van der Waals surface area (Å²) < 4.78 is 72.7. The molecule has 1 amide bonds. The molecule has 0 radical (unpaired) electrons. The van der Waals surface area contributed by atoms with Crippen molar-refractivity contribution in [2.45, 2.75) is 244 Å². The van der Waals surface area contributed by atoms with E-state index in [0.29, 0.717) is 19.3 Å². The number of amides is 1. The van der Waals surface area contributed by atoms with Crippen LogP contribution in [-0.2, 0) is 69.5 Å². The van der Waals surface area contributed by atoms with Gasteiger partial charge in [-0.2, -0.15) is 0 Å². The molecular weight excluding hydrogens is 1040 g/mol. The summed E-state index contributed by atoms with van der Waals surface area (Å²) in [5, 5.41) is 13.5. The number of likely N-dealkylation sites (N-methyl/N-ethyl adjacent to an activating group) is 2. The third-order valence-corrected chi connectivity index (χ3v) is 18.8. The van der Waals surface area contributed by atoms with Crippen LogP contribution in [0.1, 0.15) is 112 Å². The van der Waals surface area contributed by atoms with Gasteiger partial charge in [0.25, 0.3) is 0 Å². The second-order valence-electron chi connectivity index (χ2n) is 25.5. The molecule has 0 aromatic heterocycles. The maximum Gasteiger partial charge on any atom is 0.509 e. The van der Waals surface area contributed by atoms with E-state index in [0.717, 1.165) is 11.1 Å². The molecule has 0 spiro atoms. The fraction of sp³-hybridized carbons (Fsp3) is 0.750. The minimum Gasteiger partial charge on any atom is -0.459 e. The zero-order chi connectivity index (χ0) is 59.0. The summed E-state index contributed by atoms with van der Waals surface area (Å²) in [6, 6.07) is 17.0. The third kappa shape index (κ3) is 17.1. The van der Waals surface area contributed by atoms with E-state index < -0.39 is 119 Å². The van der Waals surface area contributed by atoms with Gasteiger partial charge in [-0.3, -0.25) is 9.69 Å². The summed E-state index contributed by atoms with van der Waals surface area (Å²) in [5.41, 5.74) is -1.90. The number of hydrogen-bond acceptors (Lipinski definition) is 16. The van der Waals surface area contributed by atoms with Gasteiger partial charge < -0.3 is 61.5 Å². The van der Waals surface area contributed by atoms with Crippen molar-refractivity contribution in [1.29, 1.82) is 0 Å². The number of carbonyl (C=O) groups excluding carboxylic acids is 3. The maximum absolute atomic E-state index is 15.3. The highest BCUT2D eigenvalue weighted by Gasteiger charge is 2.56. The first-order valence-corrected chi connectivity index (χ1v) is 35.5. The average molecular weight is 1150 g/mol. The topological polar surface area (TPSA) is 179 Å². The highest BCUT2D eigenvalue weighted by atomic mass is 28.4. The van der Waals surface area contributed by atoms with E-state index in [2.05, 4.69) is 71.9 Å². The van der Waals surface area contributed by atoms with Crippen molar-refractivity contribution < 1.29 is 71.0 Å². The van der Waals surface area contributed by atoms with Crippen molar-refractivity contribution in [2.75, 3.05) is 28.3 Å². The van der Waals surface area contributed by atoms with Crippen LogP contribution in [0.4, 0.5) is 9.59 Å². The molecule has 2 saturated heterocycles. The van der Waals surface area contributed by atoms with Crippen LogP contribution in [0.25, 0.3) is 0 Å². The predicted octanol–water partition coefficient (Wildman–Crippen LogP) is 10.8. The van der Waals surface area contributed by atoms with Gasteiger partial charge in [-0.25, -0.2) is 9.59 Å². The van der Waals surface area contributed by atoms with Gasteiger partial charge in [0.05, 0.1) is 59.8 Å². The number of cyclic esters (lactones) is 1. The summed E-state index contributed by atoms with van der Waals surface area (Å²) in [5.74, 6) is -2.48. The van der Waals surface area contributed by atoms with E-state index in [1.165, 1.54) is 4.90 Å². The summed E-state index contributed by atoms with van der Waals surface area (Å²) in [6.45, 7) is 32.3. The van der Waals surface area contributed by atoms with E-state index in [1.54, 1.807) is 35.1 Å². The Labute approximate surface area is 475 Å². The fourth-order valence-corrected chi connectivity index (χ4v) is 14.5. The van der Waals surface area contributed by atoms with Crippen LogP contribution in [0.15, 0.2) is 60.7 Å². The van der Waals surface area contributed by atoms with Crippen molar-refractivity contribution in [3.8, 4) is 0 Å². The molecule has 19 heteroatoms. The first-order chi connectivity index (χ1) is 36.8. The highest BCUT2D eigenvalue weighted by Crippen LogP contribution is 2.44. The lowest BCUT2D eigenvalue weighted by molar-refractivity contribution is -0.303. The van der Waals surface area contributed by atoms with Crippen LogP contribution in [0, 0.1) is 17.8 Å². The fourth-order valence-electron chi connectivity index (χ4n) is 12.1. The smallest absolute Gasteiger partial charge is 0.459 e. The molecule has 1 aliphatic carbocycles. The molecule has 18 atom stereocenters. The SMILES string of the molecule is CC[C@H]1OC(=O)[C@H](C)[C@@H](O[C@@H]2CC[C@](C)(OC)[C@H](O[Si](C)(C)C)[C@H]2C)[C@H](C)[C@@H](O[C@@H]2O[C@H](C)C[C@@H](N(C)C(=O)OCc3ccccc3)[C@H]2OC(=O)OCc2ccccc2)[C@](C)(O)C[C@@H](C)N(C)[C@H](C)[C@@H](O[Si](C)(C)C)[C@]1(C)OC. The summed E-state index contributed by atoms with van der Waals surface area (Å²) in [7, 11) is 2.49. The quantitative estimate of drug-likeness (QED) is 0.0897. The number of ether oxygens (including phenoxy) is 9. The van der Waals surface area contributed by atoms with Gasteiger partial charge in [0, 0.05) is 45.2 Å². The molecule has 448 valence electrons. The second-order valence-corrected chi connectivity index (χ2v) is 34.4. The maximum atomic E-state index is 15.3. The van der Waals surface area contributed by atoms with Crippen molar-refractivity contribution in [3.63, 3.8) is 0 Å². The lowest BCUT2D eigenvalue weighted by atomic mass is 9.74. The number of methoxy groups -OCH3 is 2. The van der Waals surface area contributed by atoms with Gasteiger partial charge in [0.15, 0.2) is 29.0 Å². The van der Waals surface area contributed by atoms with E-state index in [1.807, 2.05) is 95.4 Å². The molecule has 2 heterocycles. The van der Waals surface area contributed by atoms with Crippen molar-refractivity contribution in [1.82, 2.24) is 9.80 Å². The first-order valence-electron chi connectivity index (χ1n) is 28.7. The molecule has 1 N–H and O–H groups in total. The largest absolute Gasteiger partial charge is 0.509 e. The van der Waals surface area contributed by atoms with Gasteiger partial charge in [-0.15, -0.1) is 0 Å². The van der Waals surface area contributed by atoms with E-state index >= 15 is 4.79 Å². The third-order valence-electron chi connectivity index (χ3n) is 16.9. The van der Waals surface area contributed by atoms with Gasteiger partial charge >= 0.3 is 18.2 Å². The molecule has 3 aliphatic rings. The normalized spacial score (nSPS) is 36.6. The molecule has 17 nitrogen and oxygen atoms in total. The van der Waals surface area contributed by atoms with Gasteiger partial charge in [-0.1, -0.05) is 81.4 Å². The second kappa shape index (κ2) is 27.7. The average Bonchev–Trinajstić information content (AvgIpc) is 3.47. The van der Waals surface area contributed by atoms with Gasteiger partial charge in [0.1, 0.15) is 24.9 Å². The number of hydrogen-bond donors (Lipinski definition) is 1. The number of aliphatic hydroxyl groups is 1. The summed E-state index contributed by atoms with van der Waals surface area (Å²) in [4.78, 5) is 47.0. The molecule has 5 rings (SSSR count). The lowest BCUT2D eigenvalue weighted by Crippen LogP contribution is -2.65. The molecule has 2 aromatic rings. The number of nitrogens with zero attached hydrogens (tertiary/aromatic N) is 2. The highest BCUT2D eigenvalue weighted by molar-refractivity contribution is 6.70. The van der Waals surface area contributed by atoms with Crippen LogP contribution < -0.4 is 0 Å². The Kier molecular flexibility index (Phi) is 23.3. The van der Waals surface area contributed by atoms with Gasteiger partial charge in [0.2, 0.25) is 0 Å². The molecule has 3 fully saturated rings. The zero-order valence-corrected chi connectivity index (χ0v) is 53.4. The Balaban J connectivity index is 1.67. The minimum absolute atomic E-state index is 0.00707. The number of esters is 1. The summed E-state index contributed by atoms with van der Waals surface area (Å²) in [6.07, 6.45) is -7.23. The van der Waals surface area contributed by atoms with Crippen molar-refractivity contribution in [3.05, 3.63) is 71.8 Å². The molecule has 2 aromatic carbocycles. The molecular formula is C60H100N2O15Si2. The number of rotatable bonds is 17. The molecule has 2 aliphatic heterocycles. The Morgan fingerprint density at radius 2 is 1.33 bits per heavy atom. The predicted molar refractivity (Wildman–Crippen MR) is 308 cm³/mol. The minimum atomic E-state index is -2.31. The molecule has 1 saturated carbocycles. The van der Waals surface area contributed by atoms with Crippen molar-refractivity contribution in [2.24, 2.45) is 17.8 Å². The van der Waals surface area contributed by atoms with Crippen LogP contribution in [0.2, 0.25) is 39.3 Å². The number of carbonyl (C=O) groups is 3. The standard InChI is InChI=1S/C60H100N2O15Si2/c1-21-48-60(10,68-14)53(77-79(18,19)20)43(7)61(11)38(2)35-58(8,66)51(41(5)49(42(6)54(63)73-48)72-47-32-33-59(9,67-13)52(40(47)4)76-78(15,16)17)75-55-50(74-57(65)70-37-45-30-26-23-27-31-45)46(34-39(3)71-55)62(12)56(64)69-36-44-28-24-22-25-29-44/h22-31,38-43,46-53,55,66H,21,32-37H2,1-20H3/t38-,39-,40+,41+,42-,43-,46-,47-,48-,49+,50-,51-,52-,53-,55+,58-,59+,60-/m1/s1. The van der Waals surface area contributed by atoms with Crippen LogP contribution >= 0.6 is 0 Å². The summed E-state index contributed by atoms with van der Waals surface area (Å²) >= 11 is 0. The van der Waals surface area contributed by atoms with Crippen LogP contribution in [-0.4, -0.2) is 168 Å². The Morgan fingerprint density at radius 3 is 1.86 bits per heavy atom. The molecule has 0 unspecified atom stereocenters. The zero-order valence-electron chi connectivity index (χ0n) is 51.4.